The van der Waals surface area contributed by atoms with Crippen LogP contribution in [0.25, 0.3) is 0 Å². The summed E-state index contributed by atoms with van der Waals surface area (Å²) >= 11 is 0. The molecule has 0 N–H and O–H groups in total. The van der Waals surface area contributed by atoms with Crippen molar-refractivity contribution in [3.05, 3.63) is 0 Å². The monoisotopic (exact) mass is 241 g/mol. The van der Waals surface area contributed by atoms with Gasteiger partial charge in [0, 0.05) is 6.04 Å². The predicted molar refractivity (Wildman–Crippen MR) is 60.3 cm³/mol. The van der Waals surface area contributed by atoms with Gasteiger partial charge in [-0.1, -0.05) is 13.8 Å². The van der Waals surface area contributed by atoms with Crippen LogP contribution in [0.15, 0.2) is 0 Å². The molecular weight excluding hydrogens is 222 g/mol. The van der Waals surface area contributed by atoms with Crippen molar-refractivity contribution in [1.29, 1.82) is 0 Å². The molecule has 2 fully saturated rings. The zero-order valence-corrected chi connectivity index (χ0v) is 10.5. The summed E-state index contributed by atoms with van der Waals surface area (Å²) in [6, 6.07) is 0.0343. The molecule has 0 aromatic heterocycles. The highest BCUT2D eigenvalue weighted by atomic mass is 16.6. The molecule has 2 saturated heterocycles. The molecule has 0 aliphatic carbocycles. The average molecular weight is 241 g/mol. The minimum atomic E-state index is -0.290. The molecule has 0 saturated carbocycles. The fraction of sp³-hybridized carbons (Fsp3) is 0.833. The first kappa shape index (κ1) is 12.2. The quantitative estimate of drug-likeness (QED) is 0.686. The van der Waals surface area contributed by atoms with Crippen LogP contribution in [0.3, 0.4) is 0 Å². The maximum absolute atomic E-state index is 11.7. The van der Waals surface area contributed by atoms with Gasteiger partial charge in [-0.25, -0.2) is 4.79 Å². The third-order valence-corrected chi connectivity index (χ3v) is 3.96. The third kappa shape index (κ3) is 2.10. The molecular formula is C12H19NO4. The van der Waals surface area contributed by atoms with Gasteiger partial charge in [0.1, 0.15) is 6.61 Å². The molecule has 0 aromatic rings. The number of ether oxygens (including phenoxy) is 2. The van der Waals surface area contributed by atoms with Gasteiger partial charge in [-0.15, -0.1) is 0 Å². The Hall–Kier alpha value is -1.26. The molecule has 1 amide bonds. The summed E-state index contributed by atoms with van der Waals surface area (Å²) in [4.78, 5) is 24.9. The Morgan fingerprint density at radius 3 is 2.82 bits per heavy atom. The average Bonchev–Trinajstić information content (AvgIpc) is 2.67. The minimum Gasteiger partial charge on any atom is -0.469 e. The topological polar surface area (TPSA) is 55.8 Å². The number of cyclic esters (lactones) is 1. The number of carbonyl (C=O) groups excluding carboxylic acids is 2. The van der Waals surface area contributed by atoms with E-state index in [1.807, 2.05) is 0 Å². The van der Waals surface area contributed by atoms with Crippen LogP contribution < -0.4 is 0 Å². The van der Waals surface area contributed by atoms with E-state index in [-0.39, 0.29) is 30.6 Å². The first-order valence-corrected chi connectivity index (χ1v) is 6.06. The highest BCUT2D eigenvalue weighted by Crippen LogP contribution is 2.37. The van der Waals surface area contributed by atoms with E-state index in [1.54, 1.807) is 4.90 Å². The third-order valence-electron chi connectivity index (χ3n) is 3.96. The summed E-state index contributed by atoms with van der Waals surface area (Å²) in [5.41, 5.74) is 0. The molecule has 0 spiro atoms. The molecule has 2 rings (SSSR count). The lowest BCUT2D eigenvalue weighted by molar-refractivity contribution is -0.142. The van der Waals surface area contributed by atoms with E-state index in [0.29, 0.717) is 18.4 Å². The van der Waals surface area contributed by atoms with Gasteiger partial charge in [-0.05, 0) is 18.3 Å². The second-order valence-corrected chi connectivity index (χ2v) is 5.09. The Balaban J connectivity index is 2.17. The molecule has 5 heteroatoms. The highest BCUT2D eigenvalue weighted by Gasteiger charge is 2.47. The summed E-state index contributed by atoms with van der Waals surface area (Å²) in [5, 5.41) is 0. The number of rotatable bonds is 2. The molecule has 0 radical (unpaired) electrons. The predicted octanol–water partition coefficient (Wildman–Crippen LogP) is 1.41. The fourth-order valence-electron chi connectivity index (χ4n) is 3.00. The number of esters is 1. The minimum absolute atomic E-state index is 0.0846. The van der Waals surface area contributed by atoms with Crippen molar-refractivity contribution in [3.8, 4) is 0 Å². The van der Waals surface area contributed by atoms with Crippen LogP contribution in [0.2, 0.25) is 0 Å². The summed E-state index contributed by atoms with van der Waals surface area (Å²) in [6.45, 7) is 4.65. The Labute approximate surface area is 101 Å². The Morgan fingerprint density at radius 2 is 2.18 bits per heavy atom. The molecule has 2 heterocycles. The van der Waals surface area contributed by atoms with E-state index in [0.717, 1.165) is 6.42 Å². The normalized spacial score (nSPS) is 36.4. The molecule has 0 aromatic carbocycles. The van der Waals surface area contributed by atoms with Crippen molar-refractivity contribution in [1.82, 2.24) is 4.90 Å². The van der Waals surface area contributed by atoms with Crippen LogP contribution in [0.4, 0.5) is 4.79 Å². The smallest absolute Gasteiger partial charge is 0.410 e. The molecule has 17 heavy (non-hydrogen) atoms. The second kappa shape index (κ2) is 4.55. The SMILES string of the molecule is COC(=O)C[C@H]1[C@H](C)C[C@@H](C)[C@@H]2COC(=O)N21. The molecule has 96 valence electrons. The molecule has 5 nitrogen and oxygen atoms in total. The molecule has 4 atom stereocenters. The van der Waals surface area contributed by atoms with Crippen LogP contribution >= 0.6 is 0 Å². The van der Waals surface area contributed by atoms with Crippen LogP contribution in [-0.4, -0.2) is 42.8 Å². The van der Waals surface area contributed by atoms with Gasteiger partial charge in [0.2, 0.25) is 0 Å². The summed E-state index contributed by atoms with van der Waals surface area (Å²) in [7, 11) is 1.37. The lowest BCUT2D eigenvalue weighted by Crippen LogP contribution is -2.53. The summed E-state index contributed by atoms with van der Waals surface area (Å²) < 4.78 is 9.79. The van der Waals surface area contributed by atoms with Gasteiger partial charge in [0.05, 0.1) is 19.6 Å². The highest BCUT2D eigenvalue weighted by molar-refractivity contribution is 5.74. The van der Waals surface area contributed by atoms with Crippen molar-refractivity contribution >= 4 is 12.1 Å². The Bertz CT molecular complexity index is 330. The lowest BCUT2D eigenvalue weighted by Gasteiger charge is -2.42. The maximum Gasteiger partial charge on any atom is 0.410 e. The largest absolute Gasteiger partial charge is 0.469 e. The van der Waals surface area contributed by atoms with Gasteiger partial charge < -0.3 is 9.47 Å². The van der Waals surface area contributed by atoms with E-state index in [1.165, 1.54) is 7.11 Å². The summed E-state index contributed by atoms with van der Waals surface area (Å²) in [6.07, 6.45) is 0.984. The molecule has 2 aliphatic heterocycles. The van der Waals surface area contributed by atoms with E-state index in [4.69, 9.17) is 9.47 Å². The van der Waals surface area contributed by atoms with Crippen molar-refractivity contribution in [2.45, 2.75) is 38.8 Å². The first-order chi connectivity index (χ1) is 8.04. The number of hydrogen-bond acceptors (Lipinski definition) is 4. The zero-order chi connectivity index (χ0) is 12.6. The molecule has 2 aliphatic rings. The van der Waals surface area contributed by atoms with Gasteiger partial charge in [0.25, 0.3) is 0 Å². The van der Waals surface area contributed by atoms with E-state index in [2.05, 4.69) is 13.8 Å². The maximum atomic E-state index is 11.7. The lowest BCUT2D eigenvalue weighted by atomic mass is 9.80. The van der Waals surface area contributed by atoms with Gasteiger partial charge in [-0.3, -0.25) is 9.69 Å². The van der Waals surface area contributed by atoms with E-state index >= 15 is 0 Å². The van der Waals surface area contributed by atoms with Gasteiger partial charge in [-0.2, -0.15) is 0 Å². The number of fused-ring (bicyclic) bond motifs is 1. The van der Waals surface area contributed by atoms with Crippen LogP contribution in [0, 0.1) is 11.8 Å². The van der Waals surface area contributed by atoms with Crippen LogP contribution in [-0.2, 0) is 14.3 Å². The number of carbonyl (C=O) groups is 2. The van der Waals surface area contributed by atoms with E-state index in [9.17, 15) is 9.59 Å². The number of nitrogens with zero attached hydrogens (tertiary/aromatic N) is 1. The zero-order valence-electron chi connectivity index (χ0n) is 10.5. The Kier molecular flexibility index (Phi) is 3.26. The van der Waals surface area contributed by atoms with Crippen LogP contribution in [0.1, 0.15) is 26.7 Å². The van der Waals surface area contributed by atoms with Gasteiger partial charge >= 0.3 is 12.1 Å². The first-order valence-electron chi connectivity index (χ1n) is 6.06. The summed E-state index contributed by atoms with van der Waals surface area (Å²) in [5.74, 6) is 0.450. The number of amides is 1. The molecule has 0 unspecified atom stereocenters. The second-order valence-electron chi connectivity index (χ2n) is 5.09. The molecule has 0 bridgehead atoms. The van der Waals surface area contributed by atoms with Crippen molar-refractivity contribution in [2.75, 3.05) is 13.7 Å². The van der Waals surface area contributed by atoms with Gasteiger partial charge in [0.15, 0.2) is 0 Å². The van der Waals surface area contributed by atoms with Crippen molar-refractivity contribution < 1.29 is 19.1 Å². The number of hydrogen-bond donors (Lipinski definition) is 0. The van der Waals surface area contributed by atoms with Crippen molar-refractivity contribution in [2.24, 2.45) is 11.8 Å². The number of piperidine rings is 1. The van der Waals surface area contributed by atoms with E-state index < -0.39 is 0 Å². The standard InChI is InChI=1S/C12H19NO4/c1-7-4-8(2)10-6-17-12(15)13(10)9(7)5-11(14)16-3/h7-10H,4-6H2,1-3H3/t7-,8-,9+,10+/m1/s1. The Morgan fingerprint density at radius 1 is 1.47 bits per heavy atom. The van der Waals surface area contributed by atoms with Crippen molar-refractivity contribution in [3.63, 3.8) is 0 Å². The number of methoxy groups -OCH3 is 1. The van der Waals surface area contributed by atoms with Crippen LogP contribution in [0.5, 0.6) is 0 Å². The fourth-order valence-corrected chi connectivity index (χ4v) is 3.00.